The predicted molar refractivity (Wildman–Crippen MR) is 62.0 cm³/mol. The first-order valence-electron chi connectivity index (χ1n) is 5.33. The molecule has 2 atom stereocenters. The fourth-order valence-electron chi connectivity index (χ4n) is 1.61. The van der Waals surface area contributed by atoms with E-state index in [1.165, 1.54) is 0 Å². The molecule has 0 aromatic rings. The summed E-state index contributed by atoms with van der Waals surface area (Å²) < 4.78 is 22.6. The van der Waals surface area contributed by atoms with Gasteiger partial charge in [0.15, 0.2) is 9.84 Å². The first-order valence-corrected chi connectivity index (χ1v) is 7.15. The Labute approximate surface area is 96.8 Å². The largest absolute Gasteiger partial charge is 0.390 e. The molecule has 2 unspecified atom stereocenters. The van der Waals surface area contributed by atoms with Crippen molar-refractivity contribution >= 4 is 9.84 Å². The van der Waals surface area contributed by atoms with Crippen molar-refractivity contribution in [2.45, 2.75) is 51.0 Å². The van der Waals surface area contributed by atoms with Crippen LogP contribution in [0.4, 0.5) is 0 Å². The molecule has 6 heteroatoms. The molecule has 0 aromatic carbocycles. The molecule has 0 radical (unpaired) electrons. The lowest BCUT2D eigenvalue weighted by atomic mass is 9.85. The molecule has 1 heterocycles. The summed E-state index contributed by atoms with van der Waals surface area (Å²) in [6, 6.07) is -0.508. The smallest absolute Gasteiger partial charge is 0.154 e. The SMILES string of the molecule is CC(C)(O)C(C)(C)NC1CS(=O)(=O)CC1O. The van der Waals surface area contributed by atoms with Gasteiger partial charge in [-0.1, -0.05) is 0 Å². The summed E-state index contributed by atoms with van der Waals surface area (Å²) in [6.45, 7) is 6.86. The van der Waals surface area contributed by atoms with E-state index in [0.29, 0.717) is 0 Å². The number of hydrogen-bond donors (Lipinski definition) is 3. The maximum atomic E-state index is 11.3. The van der Waals surface area contributed by atoms with E-state index in [9.17, 15) is 18.6 Å². The number of hydrogen-bond acceptors (Lipinski definition) is 5. The quantitative estimate of drug-likeness (QED) is 0.616. The van der Waals surface area contributed by atoms with E-state index in [4.69, 9.17) is 0 Å². The Balaban J connectivity index is 2.77. The number of aliphatic hydroxyl groups is 2. The second-order valence-electron chi connectivity index (χ2n) is 5.58. The summed E-state index contributed by atoms with van der Waals surface area (Å²) in [5, 5.41) is 22.6. The minimum absolute atomic E-state index is 0.0757. The Morgan fingerprint density at radius 3 is 2.00 bits per heavy atom. The average Bonchev–Trinajstić information content (AvgIpc) is 2.20. The predicted octanol–water partition coefficient (Wildman–Crippen LogP) is -0.717. The third kappa shape index (κ3) is 2.94. The van der Waals surface area contributed by atoms with E-state index in [2.05, 4.69) is 5.32 Å². The van der Waals surface area contributed by atoms with E-state index < -0.39 is 33.1 Å². The van der Waals surface area contributed by atoms with Gasteiger partial charge in [-0.15, -0.1) is 0 Å². The molecule has 1 aliphatic rings. The summed E-state index contributed by atoms with van der Waals surface area (Å²) in [6.07, 6.45) is -0.897. The molecule has 1 aliphatic heterocycles. The van der Waals surface area contributed by atoms with Gasteiger partial charge >= 0.3 is 0 Å². The topological polar surface area (TPSA) is 86.6 Å². The zero-order valence-corrected chi connectivity index (χ0v) is 11.0. The molecule has 0 spiro atoms. The first kappa shape index (κ1) is 13.9. The maximum Gasteiger partial charge on any atom is 0.154 e. The standard InChI is InChI=1S/C10H21NO4S/c1-9(2,10(3,4)13)11-7-5-16(14,15)6-8(7)12/h7-8,11-13H,5-6H2,1-4H3. The molecule has 96 valence electrons. The van der Waals surface area contributed by atoms with Crippen LogP contribution in [0, 0.1) is 0 Å². The Bertz CT molecular complexity index is 356. The van der Waals surface area contributed by atoms with Crippen molar-refractivity contribution in [3.05, 3.63) is 0 Å². The van der Waals surface area contributed by atoms with E-state index in [1.54, 1.807) is 27.7 Å². The first-order chi connectivity index (χ1) is 6.95. The van der Waals surface area contributed by atoms with Crippen LogP contribution < -0.4 is 5.32 Å². The van der Waals surface area contributed by atoms with E-state index in [1.807, 2.05) is 0 Å². The fourth-order valence-corrected chi connectivity index (χ4v) is 3.35. The van der Waals surface area contributed by atoms with Crippen molar-refractivity contribution in [2.75, 3.05) is 11.5 Å². The van der Waals surface area contributed by atoms with Crippen LogP contribution in [0.5, 0.6) is 0 Å². The van der Waals surface area contributed by atoms with Gasteiger partial charge in [0.2, 0.25) is 0 Å². The highest BCUT2D eigenvalue weighted by atomic mass is 32.2. The Kier molecular flexibility index (Phi) is 3.42. The van der Waals surface area contributed by atoms with Gasteiger partial charge in [0.05, 0.1) is 23.2 Å². The van der Waals surface area contributed by atoms with Crippen molar-refractivity contribution < 1.29 is 18.6 Å². The molecule has 16 heavy (non-hydrogen) atoms. The average molecular weight is 251 g/mol. The monoisotopic (exact) mass is 251 g/mol. The number of nitrogens with one attached hydrogen (secondary N) is 1. The van der Waals surface area contributed by atoms with Gasteiger partial charge in [0.25, 0.3) is 0 Å². The van der Waals surface area contributed by atoms with Crippen molar-refractivity contribution in [2.24, 2.45) is 0 Å². The van der Waals surface area contributed by atoms with Crippen LogP contribution in [0.2, 0.25) is 0 Å². The molecule has 1 rings (SSSR count). The zero-order valence-electron chi connectivity index (χ0n) is 10.2. The molecule has 3 N–H and O–H groups in total. The molecular formula is C10H21NO4S. The van der Waals surface area contributed by atoms with Crippen molar-refractivity contribution in [3.63, 3.8) is 0 Å². The van der Waals surface area contributed by atoms with Gasteiger partial charge < -0.3 is 15.5 Å². The Hall–Kier alpha value is -0.170. The third-order valence-corrected chi connectivity index (χ3v) is 5.11. The molecule has 5 nitrogen and oxygen atoms in total. The Morgan fingerprint density at radius 2 is 1.69 bits per heavy atom. The van der Waals surface area contributed by atoms with Crippen LogP contribution in [-0.2, 0) is 9.84 Å². The molecule has 0 aromatic heterocycles. The van der Waals surface area contributed by atoms with Gasteiger partial charge in [-0.05, 0) is 27.7 Å². The van der Waals surface area contributed by atoms with Crippen molar-refractivity contribution in [1.82, 2.24) is 5.32 Å². The summed E-state index contributed by atoms with van der Waals surface area (Å²) in [4.78, 5) is 0. The van der Waals surface area contributed by atoms with Crippen LogP contribution >= 0.6 is 0 Å². The maximum absolute atomic E-state index is 11.3. The minimum atomic E-state index is -3.16. The van der Waals surface area contributed by atoms with Gasteiger partial charge in [-0.2, -0.15) is 0 Å². The zero-order chi connectivity index (χ0) is 12.8. The van der Waals surface area contributed by atoms with Gasteiger partial charge in [-0.3, -0.25) is 0 Å². The lowest BCUT2D eigenvalue weighted by molar-refractivity contribution is -0.0158. The number of rotatable bonds is 3. The number of sulfone groups is 1. The molecular weight excluding hydrogens is 230 g/mol. The van der Waals surface area contributed by atoms with Crippen molar-refractivity contribution in [1.29, 1.82) is 0 Å². The van der Waals surface area contributed by atoms with Gasteiger partial charge in [0.1, 0.15) is 0 Å². The van der Waals surface area contributed by atoms with E-state index in [0.717, 1.165) is 0 Å². The Morgan fingerprint density at radius 1 is 1.19 bits per heavy atom. The summed E-state index contributed by atoms with van der Waals surface area (Å²) in [5.74, 6) is -0.277. The van der Waals surface area contributed by atoms with Gasteiger partial charge in [-0.25, -0.2) is 8.42 Å². The molecule has 0 bridgehead atoms. The fraction of sp³-hybridized carbons (Fsp3) is 1.00. The second-order valence-corrected chi connectivity index (χ2v) is 7.73. The highest BCUT2D eigenvalue weighted by Crippen LogP contribution is 2.24. The van der Waals surface area contributed by atoms with E-state index in [-0.39, 0.29) is 11.5 Å². The van der Waals surface area contributed by atoms with Crippen LogP contribution in [0.15, 0.2) is 0 Å². The summed E-state index contributed by atoms with van der Waals surface area (Å²) in [7, 11) is -3.16. The molecule has 1 fully saturated rings. The molecule has 1 saturated heterocycles. The molecule has 0 amide bonds. The van der Waals surface area contributed by atoms with Crippen molar-refractivity contribution in [3.8, 4) is 0 Å². The van der Waals surface area contributed by atoms with Crippen LogP contribution in [-0.4, -0.2) is 53.4 Å². The van der Waals surface area contributed by atoms with E-state index >= 15 is 0 Å². The van der Waals surface area contributed by atoms with Crippen LogP contribution in [0.1, 0.15) is 27.7 Å². The normalized spacial score (nSPS) is 30.6. The minimum Gasteiger partial charge on any atom is -0.390 e. The van der Waals surface area contributed by atoms with Crippen LogP contribution in [0.3, 0.4) is 0 Å². The lowest BCUT2D eigenvalue weighted by Gasteiger charge is -2.40. The highest BCUT2D eigenvalue weighted by molar-refractivity contribution is 7.91. The summed E-state index contributed by atoms with van der Waals surface area (Å²) in [5.41, 5.74) is -1.67. The lowest BCUT2D eigenvalue weighted by Crippen LogP contribution is -2.61. The van der Waals surface area contributed by atoms with Gasteiger partial charge in [0, 0.05) is 11.6 Å². The van der Waals surface area contributed by atoms with Crippen LogP contribution in [0.25, 0.3) is 0 Å². The third-order valence-electron chi connectivity index (χ3n) is 3.40. The second kappa shape index (κ2) is 3.94. The summed E-state index contributed by atoms with van der Waals surface area (Å²) >= 11 is 0. The molecule has 0 aliphatic carbocycles. The highest BCUT2D eigenvalue weighted by Gasteiger charge is 2.43. The molecule has 0 saturated carbocycles. The number of aliphatic hydroxyl groups excluding tert-OH is 1.